The van der Waals surface area contributed by atoms with Crippen molar-refractivity contribution in [2.75, 3.05) is 7.05 Å². The molecule has 1 aromatic heterocycles. The molecule has 14 heavy (non-hydrogen) atoms. The number of aromatic nitrogens is 1. The molecule has 1 atom stereocenters. The van der Waals surface area contributed by atoms with Gasteiger partial charge < -0.3 is 5.32 Å². The summed E-state index contributed by atoms with van der Waals surface area (Å²) < 4.78 is 0. The zero-order chi connectivity index (χ0) is 9.97. The Balaban J connectivity index is 2.65. The van der Waals surface area contributed by atoms with Gasteiger partial charge in [-0.1, -0.05) is 18.2 Å². The molecule has 2 rings (SSSR count). The largest absolute Gasteiger partial charge is 0.313 e. The second-order valence-electron chi connectivity index (χ2n) is 3.43. The lowest BCUT2D eigenvalue weighted by molar-refractivity contribution is 0.656. The van der Waals surface area contributed by atoms with Crippen molar-refractivity contribution in [1.29, 1.82) is 0 Å². The molecule has 1 heterocycles. The molecule has 0 aliphatic rings. The van der Waals surface area contributed by atoms with Crippen molar-refractivity contribution in [1.82, 2.24) is 10.3 Å². The van der Waals surface area contributed by atoms with Crippen LogP contribution in [0.15, 0.2) is 36.5 Å². The highest BCUT2D eigenvalue weighted by Crippen LogP contribution is 2.21. The minimum absolute atomic E-state index is 0.364. The minimum Gasteiger partial charge on any atom is -0.313 e. The fourth-order valence-corrected chi connectivity index (χ4v) is 1.65. The Morgan fingerprint density at radius 2 is 2.00 bits per heavy atom. The molecular weight excluding hydrogens is 172 g/mol. The van der Waals surface area contributed by atoms with Crippen LogP contribution in [-0.2, 0) is 0 Å². The minimum atomic E-state index is 0.364. The van der Waals surface area contributed by atoms with E-state index in [1.807, 2.05) is 25.4 Å². The second-order valence-corrected chi connectivity index (χ2v) is 3.43. The van der Waals surface area contributed by atoms with Crippen molar-refractivity contribution < 1.29 is 0 Å². The molecule has 72 valence electrons. The van der Waals surface area contributed by atoms with Crippen LogP contribution in [0.25, 0.3) is 10.9 Å². The molecule has 1 aromatic carbocycles. The first-order chi connectivity index (χ1) is 6.83. The van der Waals surface area contributed by atoms with Gasteiger partial charge in [0.1, 0.15) is 0 Å². The average molecular weight is 186 g/mol. The van der Waals surface area contributed by atoms with Crippen LogP contribution in [0, 0.1) is 0 Å². The molecule has 0 aliphatic carbocycles. The van der Waals surface area contributed by atoms with E-state index in [-0.39, 0.29) is 0 Å². The summed E-state index contributed by atoms with van der Waals surface area (Å²) in [5.41, 5.74) is 2.37. The summed E-state index contributed by atoms with van der Waals surface area (Å²) in [6, 6.07) is 10.7. The Morgan fingerprint density at radius 1 is 1.21 bits per heavy atom. The smallest absolute Gasteiger partial charge is 0.0705 e. The SMILES string of the molecule is CNC(C)c1ccnc2ccccc12. The van der Waals surface area contributed by atoms with Crippen LogP contribution in [-0.4, -0.2) is 12.0 Å². The topological polar surface area (TPSA) is 24.9 Å². The Hall–Kier alpha value is -1.41. The first-order valence-electron chi connectivity index (χ1n) is 4.84. The Kier molecular flexibility index (Phi) is 2.46. The molecule has 1 N–H and O–H groups in total. The van der Waals surface area contributed by atoms with E-state index in [9.17, 15) is 0 Å². The lowest BCUT2D eigenvalue weighted by Crippen LogP contribution is -2.12. The quantitative estimate of drug-likeness (QED) is 0.779. The molecule has 0 radical (unpaired) electrons. The number of hydrogen-bond donors (Lipinski definition) is 1. The summed E-state index contributed by atoms with van der Waals surface area (Å²) in [7, 11) is 1.97. The van der Waals surface area contributed by atoms with Gasteiger partial charge in [0.05, 0.1) is 5.52 Å². The van der Waals surface area contributed by atoms with Crippen LogP contribution in [0.5, 0.6) is 0 Å². The van der Waals surface area contributed by atoms with Gasteiger partial charge >= 0.3 is 0 Å². The van der Waals surface area contributed by atoms with Crippen molar-refractivity contribution in [2.45, 2.75) is 13.0 Å². The van der Waals surface area contributed by atoms with E-state index < -0.39 is 0 Å². The number of para-hydroxylation sites is 1. The van der Waals surface area contributed by atoms with Gasteiger partial charge in [-0.3, -0.25) is 4.98 Å². The van der Waals surface area contributed by atoms with Gasteiger partial charge in [0.15, 0.2) is 0 Å². The van der Waals surface area contributed by atoms with Gasteiger partial charge in [-0.05, 0) is 31.7 Å². The Bertz CT molecular complexity index is 432. The van der Waals surface area contributed by atoms with Crippen molar-refractivity contribution >= 4 is 10.9 Å². The van der Waals surface area contributed by atoms with Gasteiger partial charge in [0.2, 0.25) is 0 Å². The molecular formula is C12H14N2. The Labute approximate surface area is 84.0 Å². The molecule has 0 spiro atoms. The van der Waals surface area contributed by atoms with Crippen LogP contribution in [0.4, 0.5) is 0 Å². The number of benzene rings is 1. The molecule has 0 bridgehead atoms. The molecule has 2 heteroatoms. The molecule has 0 fully saturated rings. The van der Waals surface area contributed by atoms with Gasteiger partial charge in [-0.2, -0.15) is 0 Å². The standard InChI is InChI=1S/C12H14N2/c1-9(13-2)10-7-8-14-12-6-4-3-5-11(10)12/h3-9,13H,1-2H3. The number of rotatable bonds is 2. The molecule has 2 nitrogen and oxygen atoms in total. The number of hydrogen-bond acceptors (Lipinski definition) is 2. The van der Waals surface area contributed by atoms with E-state index in [2.05, 4.69) is 35.4 Å². The van der Waals surface area contributed by atoms with Crippen LogP contribution in [0.1, 0.15) is 18.5 Å². The third-order valence-corrected chi connectivity index (χ3v) is 2.58. The predicted octanol–water partition coefficient (Wildman–Crippen LogP) is 2.52. The summed E-state index contributed by atoms with van der Waals surface area (Å²) in [6.45, 7) is 2.15. The fraction of sp³-hybridized carbons (Fsp3) is 0.250. The van der Waals surface area contributed by atoms with E-state index >= 15 is 0 Å². The highest BCUT2D eigenvalue weighted by Gasteiger charge is 2.06. The van der Waals surface area contributed by atoms with E-state index in [1.165, 1.54) is 10.9 Å². The maximum absolute atomic E-state index is 4.33. The van der Waals surface area contributed by atoms with E-state index in [4.69, 9.17) is 0 Å². The van der Waals surface area contributed by atoms with E-state index in [0.717, 1.165) is 5.52 Å². The number of nitrogens with zero attached hydrogens (tertiary/aromatic N) is 1. The monoisotopic (exact) mass is 186 g/mol. The van der Waals surface area contributed by atoms with Crippen LogP contribution < -0.4 is 5.32 Å². The molecule has 0 saturated heterocycles. The third-order valence-electron chi connectivity index (χ3n) is 2.58. The second kappa shape index (κ2) is 3.76. The molecule has 2 aromatic rings. The first-order valence-corrected chi connectivity index (χ1v) is 4.84. The predicted molar refractivity (Wildman–Crippen MR) is 59.2 cm³/mol. The van der Waals surface area contributed by atoms with Crippen molar-refractivity contribution in [3.8, 4) is 0 Å². The number of pyridine rings is 1. The molecule has 1 unspecified atom stereocenters. The first kappa shape index (κ1) is 9.16. The van der Waals surface area contributed by atoms with Gasteiger partial charge in [0, 0.05) is 17.6 Å². The maximum atomic E-state index is 4.33. The van der Waals surface area contributed by atoms with Gasteiger partial charge in [-0.15, -0.1) is 0 Å². The summed E-state index contributed by atoms with van der Waals surface area (Å²) in [6.07, 6.45) is 1.87. The van der Waals surface area contributed by atoms with Crippen molar-refractivity contribution in [3.05, 3.63) is 42.1 Å². The van der Waals surface area contributed by atoms with Gasteiger partial charge in [-0.25, -0.2) is 0 Å². The summed E-state index contributed by atoms with van der Waals surface area (Å²) in [4.78, 5) is 4.33. The van der Waals surface area contributed by atoms with Crippen LogP contribution in [0.3, 0.4) is 0 Å². The fourth-order valence-electron chi connectivity index (χ4n) is 1.65. The normalized spacial score (nSPS) is 13.0. The molecule has 0 amide bonds. The summed E-state index contributed by atoms with van der Waals surface area (Å²) in [5, 5.41) is 4.48. The summed E-state index contributed by atoms with van der Waals surface area (Å²) >= 11 is 0. The average Bonchev–Trinajstić information content (AvgIpc) is 2.27. The Morgan fingerprint density at radius 3 is 2.79 bits per heavy atom. The molecule has 0 saturated carbocycles. The number of fused-ring (bicyclic) bond motifs is 1. The molecule has 0 aliphatic heterocycles. The summed E-state index contributed by atoms with van der Waals surface area (Å²) in [5.74, 6) is 0. The van der Waals surface area contributed by atoms with Crippen LogP contribution >= 0.6 is 0 Å². The highest BCUT2D eigenvalue weighted by molar-refractivity contribution is 5.82. The zero-order valence-corrected chi connectivity index (χ0v) is 8.49. The highest BCUT2D eigenvalue weighted by atomic mass is 14.9. The zero-order valence-electron chi connectivity index (χ0n) is 8.49. The van der Waals surface area contributed by atoms with Crippen LogP contribution in [0.2, 0.25) is 0 Å². The lowest BCUT2D eigenvalue weighted by atomic mass is 10.0. The van der Waals surface area contributed by atoms with Crippen molar-refractivity contribution in [2.24, 2.45) is 0 Å². The van der Waals surface area contributed by atoms with Crippen molar-refractivity contribution in [3.63, 3.8) is 0 Å². The van der Waals surface area contributed by atoms with E-state index in [0.29, 0.717) is 6.04 Å². The van der Waals surface area contributed by atoms with Gasteiger partial charge in [0.25, 0.3) is 0 Å². The maximum Gasteiger partial charge on any atom is 0.0705 e. The number of nitrogens with one attached hydrogen (secondary N) is 1. The van der Waals surface area contributed by atoms with E-state index in [1.54, 1.807) is 0 Å². The lowest BCUT2D eigenvalue weighted by Gasteiger charge is -2.12. The third kappa shape index (κ3) is 1.49.